The molecule has 0 aliphatic heterocycles. The van der Waals surface area contributed by atoms with Crippen molar-refractivity contribution >= 4 is 519 Å². The molecule has 0 spiro atoms. The summed E-state index contributed by atoms with van der Waals surface area (Å²) in [5, 5.41) is 0. The minimum Gasteiger partial charge on any atom is -0.102 e. The molecule has 0 saturated heterocycles. The van der Waals surface area contributed by atoms with Crippen LogP contribution < -0.4 is 0 Å². The first-order valence-electron chi connectivity index (χ1n) is 14.7. The third-order valence-electron chi connectivity index (χ3n) is 5.65. The van der Waals surface area contributed by atoms with E-state index in [0.717, 1.165) is 7.96 Å². The molecule has 0 heterocycles. The molecule has 37 atom stereocenters. The van der Waals surface area contributed by atoms with Crippen LogP contribution in [0.15, 0.2) is 0 Å². The predicted octanol–water partition coefficient (Wildman–Crippen LogP) is 38.6. The first kappa shape index (κ1) is 93.0. The second kappa shape index (κ2) is 51.1. The van der Waals surface area contributed by atoms with E-state index in [0.29, 0.717) is 0 Å². The van der Waals surface area contributed by atoms with Crippen molar-refractivity contribution in [2.24, 2.45) is 0 Å². The van der Waals surface area contributed by atoms with E-state index in [1.54, 1.807) is 0 Å². The highest BCUT2D eigenvalue weighted by molar-refractivity contribution is 9.55. The molecule has 0 nitrogen and oxygen atoms in total. The van der Waals surface area contributed by atoms with Gasteiger partial charge in [0.15, 0.2) is 0 Å². The summed E-state index contributed by atoms with van der Waals surface area (Å²) in [6.07, 6.45) is 0. The maximum absolute atomic E-state index is 4.56. The maximum atomic E-state index is 4.56. The van der Waals surface area contributed by atoms with Crippen molar-refractivity contribution in [3.05, 3.63) is 0 Å². The maximum Gasteiger partial charge on any atom is -0.00000974 e. The molecule has 0 bridgehead atoms. The van der Waals surface area contributed by atoms with Crippen molar-refractivity contribution in [3.8, 4) is 0 Å². The molecule has 0 fully saturated rings. The second-order valence-corrected chi connectivity index (χ2v) is 275. The summed E-state index contributed by atoms with van der Waals surface area (Å²) in [5.74, 6) is 0. The largest absolute Gasteiger partial charge is 0.102 e. The van der Waals surface area contributed by atoms with Gasteiger partial charge in [0, 0.05) is 0 Å². The van der Waals surface area contributed by atoms with Gasteiger partial charge in [-0.15, -0.1) is 277 Å². The third-order valence-corrected chi connectivity index (χ3v) is 458. The molecule has 0 N–H and O–H groups in total. The highest BCUT2D eigenvalue weighted by Crippen LogP contribution is 3.49. The fraction of sp³-hybridized carbons (Fsp3) is 0. The first-order valence-corrected chi connectivity index (χ1v) is 132. The summed E-state index contributed by atoms with van der Waals surface area (Å²) in [6, 6.07) is 0. The van der Waals surface area contributed by atoms with Gasteiger partial charge in [0.05, 0.1) is 0 Å². The van der Waals surface area contributed by atoms with Crippen LogP contribution in [0.25, 0.3) is 0 Å². The average molecular weight is 2080 g/mol. The van der Waals surface area contributed by atoms with Crippen molar-refractivity contribution in [3.63, 3.8) is 0 Å². The molecule has 0 rings (SSSR count). The van der Waals surface area contributed by atoms with Gasteiger partial charge in [0.1, 0.15) is 0 Å². The third kappa shape index (κ3) is 33.1. The van der Waals surface area contributed by atoms with E-state index in [1.807, 2.05) is 0 Å². The SMILES string of the molecule is [PH]PP(P([PH])P)P(P(P)P)P(P(P(P)P)P(P)P)P(P(P(P(P)P)P(P)P)P(P(P)P)P(P)P)P(P(P(P(P)P)P(P)P)P(P(P)P)P(P)P)P(P(P(P)P)P(P)P)P(P(P)P)P(P)P. The van der Waals surface area contributed by atoms with Crippen LogP contribution in [0, 0.1) is 0 Å². The predicted molar refractivity (Wildman–Crippen MR) is 540 cm³/mol. The van der Waals surface area contributed by atoms with Crippen LogP contribution in [0.1, 0.15) is 0 Å². The van der Waals surface area contributed by atoms with E-state index in [4.69, 9.17) is 0 Å². The van der Waals surface area contributed by atoms with Gasteiger partial charge in [-0.05, 0) is 217 Å². The van der Waals surface area contributed by atoms with Gasteiger partial charge in [-0.3, -0.25) is 0 Å². The molecule has 65 heavy (non-hydrogen) atoms. The van der Waals surface area contributed by atoms with E-state index in [2.05, 4.69) is 295 Å². The lowest BCUT2D eigenvalue weighted by Crippen LogP contribution is -1.73. The Kier molecular flexibility index (Phi) is 73.1. The molecular formula is H65P65. The highest BCUT2D eigenvalue weighted by Gasteiger charge is 2.62. The van der Waals surface area contributed by atoms with Crippen LogP contribution in [0.2, 0.25) is 0 Å². The van der Waals surface area contributed by atoms with Gasteiger partial charge < -0.3 is 0 Å². The second-order valence-electron chi connectivity index (χ2n) is 10.2. The Labute approximate surface area is 511 Å². The van der Waals surface area contributed by atoms with Gasteiger partial charge in [0.25, 0.3) is 0 Å². The Morgan fingerprint density at radius 3 is 0.385 bits per heavy atom. The van der Waals surface area contributed by atoms with Crippen LogP contribution in [0.4, 0.5) is 0 Å². The molecular weight excluding hydrogens is 2010 g/mol. The lowest BCUT2D eigenvalue weighted by molar-refractivity contribution is 4.33. The molecule has 0 aromatic heterocycles. The fourth-order valence-electron chi connectivity index (χ4n) is 3.87. The Morgan fingerprint density at radius 2 is 0.292 bits per heavy atom. The van der Waals surface area contributed by atoms with E-state index >= 15 is 0 Å². The van der Waals surface area contributed by atoms with Crippen molar-refractivity contribution in [2.45, 2.75) is 0 Å². The van der Waals surface area contributed by atoms with E-state index in [1.165, 1.54) is 0 Å². The van der Waals surface area contributed by atoms with E-state index < -0.39 is 0 Å². The van der Waals surface area contributed by atoms with E-state index in [-0.39, 0.29) is 217 Å². The fourth-order valence-corrected chi connectivity index (χ4v) is 940. The zero-order valence-electron chi connectivity index (χ0n) is 33.3. The van der Waals surface area contributed by atoms with Crippen molar-refractivity contribution in [1.29, 1.82) is 0 Å². The molecule has 0 aromatic rings. The lowest BCUT2D eigenvalue weighted by atomic mass is 28.4. The van der Waals surface area contributed by atoms with Crippen molar-refractivity contribution in [1.82, 2.24) is 0 Å². The molecule has 0 aromatic carbocycles. The summed E-state index contributed by atoms with van der Waals surface area (Å²) >= 11 is 0. The summed E-state index contributed by atoms with van der Waals surface area (Å²) in [4.78, 5) is 0. The summed E-state index contributed by atoms with van der Waals surface area (Å²) < 4.78 is 0. The topological polar surface area (TPSA) is 0 Å². The number of hydrogen-bond donors (Lipinski definition) is 0. The molecule has 390 valence electrons. The summed E-state index contributed by atoms with van der Waals surface area (Å²) in [7, 11) is 121. The zero-order chi connectivity index (χ0) is 51.6. The monoisotopic (exact) mass is 2080 g/mol. The van der Waals surface area contributed by atoms with Gasteiger partial charge in [-0.2, -0.15) is 0 Å². The van der Waals surface area contributed by atoms with Gasteiger partial charge >= 0.3 is 0 Å². The van der Waals surface area contributed by atoms with E-state index in [9.17, 15) is 0 Å². The van der Waals surface area contributed by atoms with Gasteiger partial charge in [-0.1, -0.05) is 25.8 Å². The average Bonchev–Trinajstić information content (AvgIpc) is 3.08. The van der Waals surface area contributed by atoms with Crippen LogP contribution in [0.3, 0.4) is 0 Å². The molecule has 0 saturated carbocycles. The van der Waals surface area contributed by atoms with Crippen LogP contribution in [-0.2, 0) is 0 Å². The molecule has 37 unspecified atom stereocenters. The van der Waals surface area contributed by atoms with Crippen molar-refractivity contribution in [2.75, 3.05) is 0 Å². The van der Waals surface area contributed by atoms with Crippen molar-refractivity contribution < 1.29 is 0 Å². The summed E-state index contributed by atoms with van der Waals surface area (Å²) in [6.45, 7) is -8.50. The number of hydrogen-bond acceptors (Lipinski definition) is 0. The minimum atomic E-state index is -0.338. The molecule has 0 aliphatic carbocycles. The lowest BCUT2D eigenvalue weighted by Gasteiger charge is -2.61. The zero-order valence-corrected chi connectivity index (χ0v) is 99.8. The Morgan fingerprint density at radius 1 is 0.185 bits per heavy atom. The first-order chi connectivity index (χ1) is 29.6. The molecule has 0 amide bonds. The Hall–Kier alpha value is 27.9. The normalized spacial score (nSPS) is 16.4. The Balaban J connectivity index is 11.2. The number of rotatable bonds is 31. The molecule has 65 heteroatoms. The minimum absolute atomic E-state index is 0.227. The van der Waals surface area contributed by atoms with Crippen LogP contribution in [-0.4, -0.2) is 0 Å². The smallest absolute Gasteiger partial charge is 0.00000974 e. The quantitative estimate of drug-likeness (QED) is 0.0607. The Bertz CT molecular complexity index is 1040. The van der Waals surface area contributed by atoms with Crippen LogP contribution in [0.5, 0.6) is 0 Å². The summed E-state index contributed by atoms with van der Waals surface area (Å²) in [5.41, 5.74) is 0. The van der Waals surface area contributed by atoms with Gasteiger partial charge in [-0.25, -0.2) is 0 Å². The van der Waals surface area contributed by atoms with Gasteiger partial charge in [0.2, 0.25) is 0 Å². The van der Waals surface area contributed by atoms with Crippen LogP contribution >= 0.6 is 519 Å². The highest BCUT2D eigenvalue weighted by atomic mass is 33.6. The molecule has 0 aliphatic rings. The molecule has 2 radical (unpaired) electrons. The standard InChI is InChI=1S/H65P65/c1-34-51(35(2)3)59(50(32)33)63(58(48(28)29)49(30)31)65(62(56(44(20)21)45(22)23)57(46(24)25)47(26)27)64(60(52(36(4)5)37(6)7)53(38(8)9)39(10)11)61(54(40(12)13)41(14)15)55(42(16)17)43(18)19/h1-2,34H,3-33H2.